The van der Waals surface area contributed by atoms with Crippen LogP contribution in [-0.2, 0) is 9.59 Å². The van der Waals surface area contributed by atoms with Gasteiger partial charge in [-0.1, -0.05) is 29.3 Å². The summed E-state index contributed by atoms with van der Waals surface area (Å²) in [5.41, 5.74) is 0.492. The molecule has 0 spiro atoms. The van der Waals surface area contributed by atoms with Crippen molar-refractivity contribution in [3.05, 3.63) is 46.4 Å². The van der Waals surface area contributed by atoms with Crippen LogP contribution >= 0.6 is 23.2 Å². The molecule has 0 saturated heterocycles. The number of carbonyl (C=O) groups is 2. The fourth-order valence-electron chi connectivity index (χ4n) is 1.87. The van der Waals surface area contributed by atoms with Gasteiger partial charge in [-0.05, 0) is 24.3 Å². The summed E-state index contributed by atoms with van der Waals surface area (Å²) in [5.74, 6) is -0.902. The molecule has 0 aliphatic rings. The Morgan fingerprint density at radius 3 is 2.12 bits per heavy atom. The Kier molecular flexibility index (Phi) is 5.89. The van der Waals surface area contributed by atoms with Crippen molar-refractivity contribution < 1.29 is 19.1 Å². The minimum absolute atomic E-state index is 0.169. The molecular formula is C16H14Cl2N2O4. The molecule has 0 heterocycles. The first-order valence-corrected chi connectivity index (χ1v) is 7.50. The summed E-state index contributed by atoms with van der Waals surface area (Å²) >= 11 is 11.9. The van der Waals surface area contributed by atoms with Crippen molar-refractivity contribution in [2.75, 3.05) is 24.9 Å². The Labute approximate surface area is 148 Å². The third kappa shape index (κ3) is 4.10. The fraction of sp³-hybridized carbons (Fsp3) is 0.125. The van der Waals surface area contributed by atoms with Crippen molar-refractivity contribution in [3.63, 3.8) is 0 Å². The lowest BCUT2D eigenvalue weighted by molar-refractivity contribution is -0.133. The van der Waals surface area contributed by atoms with E-state index in [0.717, 1.165) is 0 Å². The molecule has 2 aromatic carbocycles. The van der Waals surface area contributed by atoms with Gasteiger partial charge in [0.2, 0.25) is 0 Å². The molecule has 2 N–H and O–H groups in total. The highest BCUT2D eigenvalue weighted by Crippen LogP contribution is 2.31. The van der Waals surface area contributed by atoms with Crippen LogP contribution in [0, 0.1) is 0 Å². The average molecular weight is 369 g/mol. The maximum atomic E-state index is 12.1. The van der Waals surface area contributed by atoms with E-state index in [2.05, 4.69) is 10.6 Å². The predicted octanol–water partition coefficient (Wildman–Crippen LogP) is 3.59. The summed E-state index contributed by atoms with van der Waals surface area (Å²) < 4.78 is 10.2. The molecule has 0 bridgehead atoms. The molecule has 2 aromatic rings. The molecule has 0 unspecified atom stereocenters. The largest absolute Gasteiger partial charge is 0.497 e. The zero-order valence-electron chi connectivity index (χ0n) is 12.9. The second kappa shape index (κ2) is 7.90. The highest BCUT2D eigenvalue weighted by Gasteiger charge is 2.18. The molecule has 0 fully saturated rings. The lowest BCUT2D eigenvalue weighted by Gasteiger charge is -2.12. The van der Waals surface area contributed by atoms with Crippen molar-refractivity contribution in [3.8, 4) is 11.5 Å². The molecular weight excluding hydrogens is 355 g/mol. The van der Waals surface area contributed by atoms with E-state index in [1.165, 1.54) is 14.2 Å². The van der Waals surface area contributed by atoms with Gasteiger partial charge >= 0.3 is 11.8 Å². The number of para-hydroxylation sites is 1. The molecule has 2 amide bonds. The number of anilines is 2. The Hall–Kier alpha value is -2.44. The Morgan fingerprint density at radius 2 is 1.54 bits per heavy atom. The predicted molar refractivity (Wildman–Crippen MR) is 93.3 cm³/mol. The first kappa shape index (κ1) is 17.9. The van der Waals surface area contributed by atoms with Crippen LogP contribution < -0.4 is 20.1 Å². The van der Waals surface area contributed by atoms with Gasteiger partial charge < -0.3 is 20.1 Å². The van der Waals surface area contributed by atoms with Gasteiger partial charge in [0.1, 0.15) is 11.5 Å². The smallest absolute Gasteiger partial charge is 0.314 e. The van der Waals surface area contributed by atoms with Crippen LogP contribution in [0.1, 0.15) is 0 Å². The highest BCUT2D eigenvalue weighted by molar-refractivity contribution is 6.46. The SMILES string of the molecule is COc1ccc(NC(=O)C(=O)Nc2c(Cl)cccc2Cl)c(OC)c1. The molecule has 2 rings (SSSR count). The quantitative estimate of drug-likeness (QED) is 0.808. The lowest BCUT2D eigenvalue weighted by Crippen LogP contribution is -2.29. The topological polar surface area (TPSA) is 76.7 Å². The second-order valence-electron chi connectivity index (χ2n) is 4.57. The zero-order valence-corrected chi connectivity index (χ0v) is 14.4. The first-order chi connectivity index (χ1) is 11.5. The van der Waals surface area contributed by atoms with Gasteiger partial charge in [-0.25, -0.2) is 0 Å². The van der Waals surface area contributed by atoms with Gasteiger partial charge in [0.05, 0.1) is 35.6 Å². The fourth-order valence-corrected chi connectivity index (χ4v) is 2.36. The number of nitrogens with one attached hydrogen (secondary N) is 2. The van der Waals surface area contributed by atoms with Gasteiger partial charge in [-0.2, -0.15) is 0 Å². The van der Waals surface area contributed by atoms with E-state index in [9.17, 15) is 9.59 Å². The van der Waals surface area contributed by atoms with E-state index in [-0.39, 0.29) is 15.7 Å². The minimum Gasteiger partial charge on any atom is -0.497 e. The van der Waals surface area contributed by atoms with Gasteiger partial charge in [0.25, 0.3) is 0 Å². The molecule has 126 valence electrons. The number of ether oxygens (including phenoxy) is 2. The van der Waals surface area contributed by atoms with Crippen LogP contribution in [0.3, 0.4) is 0 Å². The number of rotatable bonds is 4. The summed E-state index contributed by atoms with van der Waals surface area (Å²) in [6.07, 6.45) is 0. The van der Waals surface area contributed by atoms with Gasteiger partial charge in [-0.15, -0.1) is 0 Å². The number of hydrogen-bond acceptors (Lipinski definition) is 4. The molecule has 0 saturated carbocycles. The molecule has 0 aliphatic heterocycles. The number of methoxy groups -OCH3 is 2. The summed E-state index contributed by atoms with van der Waals surface area (Å²) in [5, 5.41) is 5.29. The van der Waals surface area contributed by atoms with Gasteiger partial charge in [0, 0.05) is 6.07 Å². The molecule has 0 atom stereocenters. The Morgan fingerprint density at radius 1 is 0.917 bits per heavy atom. The monoisotopic (exact) mass is 368 g/mol. The number of benzene rings is 2. The van der Waals surface area contributed by atoms with E-state index in [1.807, 2.05) is 0 Å². The second-order valence-corrected chi connectivity index (χ2v) is 5.39. The first-order valence-electron chi connectivity index (χ1n) is 6.74. The van der Waals surface area contributed by atoms with Gasteiger partial charge in [0.15, 0.2) is 0 Å². The van der Waals surface area contributed by atoms with Crippen molar-refractivity contribution in [1.29, 1.82) is 0 Å². The third-order valence-electron chi connectivity index (χ3n) is 3.06. The van der Waals surface area contributed by atoms with E-state index in [1.54, 1.807) is 36.4 Å². The maximum Gasteiger partial charge on any atom is 0.314 e. The maximum absolute atomic E-state index is 12.1. The van der Waals surface area contributed by atoms with Crippen LogP contribution in [-0.4, -0.2) is 26.0 Å². The summed E-state index contributed by atoms with van der Waals surface area (Å²) in [4.78, 5) is 24.1. The molecule has 8 heteroatoms. The molecule has 0 aromatic heterocycles. The van der Waals surface area contributed by atoms with Crippen LogP contribution in [0.15, 0.2) is 36.4 Å². The molecule has 0 radical (unpaired) electrons. The number of hydrogen-bond donors (Lipinski definition) is 2. The zero-order chi connectivity index (χ0) is 17.7. The number of halogens is 2. The molecule has 24 heavy (non-hydrogen) atoms. The Balaban J connectivity index is 2.14. The molecule has 6 nitrogen and oxygen atoms in total. The minimum atomic E-state index is -0.914. The van der Waals surface area contributed by atoms with Crippen LogP contribution in [0.25, 0.3) is 0 Å². The van der Waals surface area contributed by atoms with E-state index < -0.39 is 11.8 Å². The summed E-state index contributed by atoms with van der Waals surface area (Å²) in [6.45, 7) is 0. The van der Waals surface area contributed by atoms with Crippen molar-refractivity contribution in [2.45, 2.75) is 0 Å². The van der Waals surface area contributed by atoms with Gasteiger partial charge in [-0.3, -0.25) is 9.59 Å². The summed E-state index contributed by atoms with van der Waals surface area (Å²) in [7, 11) is 2.95. The van der Waals surface area contributed by atoms with Crippen LogP contribution in [0.5, 0.6) is 11.5 Å². The third-order valence-corrected chi connectivity index (χ3v) is 3.69. The van der Waals surface area contributed by atoms with Crippen molar-refractivity contribution >= 4 is 46.4 Å². The summed E-state index contributed by atoms with van der Waals surface area (Å²) in [6, 6.07) is 9.49. The van der Waals surface area contributed by atoms with Crippen molar-refractivity contribution in [1.82, 2.24) is 0 Å². The lowest BCUT2D eigenvalue weighted by atomic mass is 10.2. The van der Waals surface area contributed by atoms with E-state index in [0.29, 0.717) is 17.2 Å². The Bertz CT molecular complexity index is 760. The van der Waals surface area contributed by atoms with Crippen molar-refractivity contribution in [2.24, 2.45) is 0 Å². The average Bonchev–Trinajstić information content (AvgIpc) is 2.58. The van der Waals surface area contributed by atoms with E-state index >= 15 is 0 Å². The highest BCUT2D eigenvalue weighted by atomic mass is 35.5. The number of amides is 2. The molecule has 0 aliphatic carbocycles. The van der Waals surface area contributed by atoms with Crippen LogP contribution in [0.4, 0.5) is 11.4 Å². The van der Waals surface area contributed by atoms with Crippen LogP contribution in [0.2, 0.25) is 10.0 Å². The number of carbonyl (C=O) groups excluding carboxylic acids is 2. The van der Waals surface area contributed by atoms with E-state index in [4.69, 9.17) is 32.7 Å². The standard InChI is InChI=1S/C16H14Cl2N2O4/c1-23-9-6-7-12(13(8-9)24-2)19-15(21)16(22)20-14-10(17)4-3-5-11(14)18/h3-8H,1-2H3,(H,19,21)(H,20,22). The normalized spacial score (nSPS) is 10.0.